The SMILES string of the molecule is COc1ccc(C(=O)NN=C(C)c2ccc(C)cc2)cc1OC. The van der Waals surface area contributed by atoms with Gasteiger partial charge in [0.2, 0.25) is 0 Å². The molecule has 2 aromatic carbocycles. The van der Waals surface area contributed by atoms with Crippen LogP contribution in [-0.2, 0) is 0 Å². The van der Waals surface area contributed by atoms with Crippen LogP contribution < -0.4 is 14.9 Å². The molecule has 0 aliphatic carbocycles. The number of amides is 1. The first-order valence-electron chi connectivity index (χ1n) is 7.19. The predicted molar refractivity (Wildman–Crippen MR) is 90.4 cm³/mol. The van der Waals surface area contributed by atoms with E-state index in [0.717, 1.165) is 11.3 Å². The number of nitrogens with zero attached hydrogens (tertiary/aromatic N) is 1. The van der Waals surface area contributed by atoms with E-state index < -0.39 is 0 Å². The third kappa shape index (κ3) is 4.10. The maximum atomic E-state index is 12.2. The van der Waals surface area contributed by atoms with Crippen molar-refractivity contribution in [2.24, 2.45) is 5.10 Å². The number of hydrogen-bond acceptors (Lipinski definition) is 4. The molecule has 0 bridgehead atoms. The zero-order valence-corrected chi connectivity index (χ0v) is 13.7. The maximum Gasteiger partial charge on any atom is 0.271 e. The van der Waals surface area contributed by atoms with Gasteiger partial charge in [0.05, 0.1) is 19.9 Å². The summed E-state index contributed by atoms with van der Waals surface area (Å²) in [6, 6.07) is 12.9. The molecule has 0 fully saturated rings. The summed E-state index contributed by atoms with van der Waals surface area (Å²) >= 11 is 0. The summed E-state index contributed by atoms with van der Waals surface area (Å²) in [5, 5.41) is 4.14. The van der Waals surface area contributed by atoms with Gasteiger partial charge in [0.25, 0.3) is 5.91 Å². The van der Waals surface area contributed by atoms with Crippen molar-refractivity contribution < 1.29 is 14.3 Å². The van der Waals surface area contributed by atoms with E-state index in [0.29, 0.717) is 17.1 Å². The minimum absolute atomic E-state index is 0.308. The first kappa shape index (κ1) is 16.5. The molecule has 0 radical (unpaired) electrons. The van der Waals surface area contributed by atoms with Crippen molar-refractivity contribution in [3.05, 3.63) is 59.2 Å². The van der Waals surface area contributed by atoms with Crippen LogP contribution in [-0.4, -0.2) is 25.8 Å². The topological polar surface area (TPSA) is 59.9 Å². The van der Waals surface area contributed by atoms with E-state index in [2.05, 4.69) is 10.5 Å². The molecule has 0 unspecified atom stereocenters. The summed E-state index contributed by atoms with van der Waals surface area (Å²) in [7, 11) is 3.08. The molecule has 1 N–H and O–H groups in total. The van der Waals surface area contributed by atoms with Crippen molar-refractivity contribution >= 4 is 11.6 Å². The van der Waals surface area contributed by atoms with E-state index in [4.69, 9.17) is 9.47 Å². The highest BCUT2D eigenvalue weighted by molar-refractivity contribution is 6.01. The lowest BCUT2D eigenvalue weighted by atomic mass is 10.1. The van der Waals surface area contributed by atoms with Gasteiger partial charge in [-0.2, -0.15) is 5.10 Å². The lowest BCUT2D eigenvalue weighted by molar-refractivity contribution is 0.0954. The van der Waals surface area contributed by atoms with Gasteiger partial charge in [0, 0.05) is 5.56 Å². The molecule has 0 aromatic heterocycles. The molecule has 5 heteroatoms. The van der Waals surface area contributed by atoms with Gasteiger partial charge in [0.1, 0.15) is 0 Å². The average molecular weight is 312 g/mol. The largest absolute Gasteiger partial charge is 0.493 e. The van der Waals surface area contributed by atoms with Gasteiger partial charge >= 0.3 is 0 Å². The molecule has 0 spiro atoms. The second-order valence-corrected chi connectivity index (χ2v) is 5.07. The van der Waals surface area contributed by atoms with Crippen molar-refractivity contribution in [1.82, 2.24) is 5.43 Å². The molecule has 2 aromatic rings. The van der Waals surface area contributed by atoms with Crippen molar-refractivity contribution in [2.45, 2.75) is 13.8 Å². The minimum atomic E-state index is -0.308. The molecule has 1 amide bonds. The van der Waals surface area contributed by atoms with Crippen LogP contribution in [0.3, 0.4) is 0 Å². The van der Waals surface area contributed by atoms with E-state index in [1.54, 1.807) is 25.3 Å². The number of aryl methyl sites for hydroxylation is 1. The van der Waals surface area contributed by atoms with E-state index >= 15 is 0 Å². The molecule has 0 saturated carbocycles. The highest BCUT2D eigenvalue weighted by atomic mass is 16.5. The van der Waals surface area contributed by atoms with Crippen LogP contribution in [0, 0.1) is 6.92 Å². The molecule has 120 valence electrons. The fourth-order valence-corrected chi connectivity index (χ4v) is 2.04. The Hall–Kier alpha value is -2.82. The Morgan fingerprint density at radius 3 is 2.17 bits per heavy atom. The number of ether oxygens (including phenoxy) is 2. The van der Waals surface area contributed by atoms with Crippen molar-refractivity contribution in [2.75, 3.05) is 14.2 Å². The van der Waals surface area contributed by atoms with Crippen LogP contribution in [0.15, 0.2) is 47.6 Å². The Kier molecular flexibility index (Phi) is 5.36. The van der Waals surface area contributed by atoms with Crippen LogP contribution in [0.1, 0.15) is 28.4 Å². The summed E-state index contributed by atoms with van der Waals surface area (Å²) in [4.78, 5) is 12.2. The summed E-state index contributed by atoms with van der Waals surface area (Å²) in [6.07, 6.45) is 0. The monoisotopic (exact) mass is 312 g/mol. The molecule has 23 heavy (non-hydrogen) atoms. The summed E-state index contributed by atoms with van der Waals surface area (Å²) in [5.74, 6) is 0.764. The first-order valence-corrected chi connectivity index (χ1v) is 7.19. The number of methoxy groups -OCH3 is 2. The Balaban J connectivity index is 2.12. The molecule has 2 rings (SSSR count). The fraction of sp³-hybridized carbons (Fsp3) is 0.222. The molecule has 0 heterocycles. The summed E-state index contributed by atoms with van der Waals surface area (Å²) in [5.41, 5.74) is 5.87. The van der Waals surface area contributed by atoms with Gasteiger partial charge in [0.15, 0.2) is 11.5 Å². The Morgan fingerprint density at radius 2 is 1.57 bits per heavy atom. The lowest BCUT2D eigenvalue weighted by Crippen LogP contribution is -2.19. The standard InChI is InChI=1S/C18H20N2O3/c1-12-5-7-14(8-6-12)13(2)19-20-18(21)15-9-10-16(22-3)17(11-15)23-4/h5-11H,1-4H3,(H,20,21). The summed E-state index contributed by atoms with van der Waals surface area (Å²) < 4.78 is 10.3. The predicted octanol–water partition coefficient (Wildman–Crippen LogP) is 3.17. The highest BCUT2D eigenvalue weighted by Gasteiger charge is 2.10. The highest BCUT2D eigenvalue weighted by Crippen LogP contribution is 2.27. The van der Waals surface area contributed by atoms with Gasteiger partial charge in [-0.3, -0.25) is 4.79 Å². The van der Waals surface area contributed by atoms with Crippen LogP contribution >= 0.6 is 0 Å². The average Bonchev–Trinajstić information content (AvgIpc) is 2.59. The third-order valence-electron chi connectivity index (χ3n) is 3.44. The number of carbonyl (C=O) groups is 1. The van der Waals surface area contributed by atoms with Gasteiger partial charge < -0.3 is 9.47 Å². The van der Waals surface area contributed by atoms with Crippen molar-refractivity contribution in [3.63, 3.8) is 0 Å². The minimum Gasteiger partial charge on any atom is -0.493 e. The molecule has 0 saturated heterocycles. The Labute approximate surface area is 135 Å². The van der Waals surface area contributed by atoms with Gasteiger partial charge in [-0.1, -0.05) is 29.8 Å². The number of nitrogens with one attached hydrogen (secondary N) is 1. The van der Waals surface area contributed by atoms with E-state index in [-0.39, 0.29) is 5.91 Å². The number of carbonyl (C=O) groups excluding carboxylic acids is 1. The van der Waals surface area contributed by atoms with Crippen LogP contribution in [0.4, 0.5) is 0 Å². The second kappa shape index (κ2) is 7.45. The zero-order valence-electron chi connectivity index (χ0n) is 13.7. The normalized spacial score (nSPS) is 11.0. The van der Waals surface area contributed by atoms with Crippen LogP contribution in [0.2, 0.25) is 0 Å². The van der Waals surface area contributed by atoms with E-state index in [1.165, 1.54) is 12.7 Å². The van der Waals surface area contributed by atoms with Crippen LogP contribution in [0.25, 0.3) is 0 Å². The first-order chi connectivity index (χ1) is 11.0. The fourth-order valence-electron chi connectivity index (χ4n) is 2.04. The van der Waals surface area contributed by atoms with Crippen LogP contribution in [0.5, 0.6) is 11.5 Å². The van der Waals surface area contributed by atoms with Crippen molar-refractivity contribution in [1.29, 1.82) is 0 Å². The lowest BCUT2D eigenvalue weighted by Gasteiger charge is -2.09. The number of rotatable bonds is 5. The van der Waals surface area contributed by atoms with Gasteiger partial charge in [-0.25, -0.2) is 5.43 Å². The van der Waals surface area contributed by atoms with E-state index in [9.17, 15) is 4.79 Å². The molecular formula is C18H20N2O3. The Morgan fingerprint density at radius 1 is 0.957 bits per heavy atom. The van der Waals surface area contributed by atoms with Gasteiger partial charge in [-0.05, 0) is 37.6 Å². The van der Waals surface area contributed by atoms with Crippen molar-refractivity contribution in [3.8, 4) is 11.5 Å². The molecule has 0 aliphatic heterocycles. The zero-order chi connectivity index (χ0) is 16.8. The quantitative estimate of drug-likeness (QED) is 0.681. The van der Waals surface area contributed by atoms with Gasteiger partial charge in [-0.15, -0.1) is 0 Å². The van der Waals surface area contributed by atoms with E-state index in [1.807, 2.05) is 38.1 Å². The summed E-state index contributed by atoms with van der Waals surface area (Å²) in [6.45, 7) is 3.87. The Bertz CT molecular complexity index is 722. The molecule has 0 aliphatic rings. The molecule has 5 nitrogen and oxygen atoms in total. The molecular weight excluding hydrogens is 292 g/mol. The second-order valence-electron chi connectivity index (χ2n) is 5.07. The number of benzene rings is 2. The third-order valence-corrected chi connectivity index (χ3v) is 3.44. The smallest absolute Gasteiger partial charge is 0.271 e. The molecule has 0 atom stereocenters. The number of hydrogen-bond donors (Lipinski definition) is 1. The maximum absolute atomic E-state index is 12.2. The number of hydrazone groups is 1.